The largest absolute Gasteiger partial charge is 0.444 e. The van der Waals surface area contributed by atoms with Gasteiger partial charge >= 0.3 is 0 Å². The number of hydrogen-bond acceptors (Lipinski definition) is 3. The van der Waals surface area contributed by atoms with E-state index in [9.17, 15) is 4.79 Å². The van der Waals surface area contributed by atoms with E-state index in [4.69, 9.17) is 5.73 Å². The van der Waals surface area contributed by atoms with Crippen LogP contribution in [0.4, 0.5) is 5.82 Å². The molecule has 4 heteroatoms. The Morgan fingerprint density at radius 1 is 1.82 bits per heavy atom. The van der Waals surface area contributed by atoms with Crippen molar-refractivity contribution in [2.75, 3.05) is 5.73 Å². The second kappa shape index (κ2) is 3.09. The Morgan fingerprint density at radius 3 is 3.00 bits per heavy atom. The number of nitrogen functional groups attached to an aromatic ring is 1. The molecule has 1 unspecified atom stereocenters. The van der Waals surface area contributed by atoms with Crippen LogP contribution in [0.3, 0.4) is 0 Å². The van der Waals surface area contributed by atoms with Crippen LogP contribution in [0, 0.1) is 0 Å². The molecule has 1 aromatic rings. The van der Waals surface area contributed by atoms with Crippen LogP contribution >= 0.6 is 0 Å². The number of hydrogen-bond donors (Lipinski definition) is 1. The average Bonchev–Trinajstić information content (AvgIpc) is 2.36. The van der Waals surface area contributed by atoms with Gasteiger partial charge in [0.1, 0.15) is 5.82 Å². The van der Waals surface area contributed by atoms with Gasteiger partial charge in [-0.2, -0.15) is 0 Å². The predicted octanol–water partition coefficient (Wildman–Crippen LogP) is 0.762. The average molecular weight is 154 g/mol. The Morgan fingerprint density at radius 2 is 2.55 bits per heavy atom. The molecule has 0 aliphatic heterocycles. The van der Waals surface area contributed by atoms with Crippen LogP contribution in [-0.2, 0) is 9.53 Å². The van der Waals surface area contributed by atoms with Crippen molar-refractivity contribution in [1.29, 1.82) is 0 Å². The number of ether oxygens (including phenoxy) is 1. The third-order valence-corrected chi connectivity index (χ3v) is 1.46. The first kappa shape index (κ1) is 7.65. The molecule has 0 saturated carbocycles. The van der Waals surface area contributed by atoms with E-state index in [1.807, 2.05) is 0 Å². The smallest absolute Gasteiger partial charge is 0.295 e. The molecule has 1 atom stereocenters. The zero-order valence-electron chi connectivity index (χ0n) is 6.23. The molecule has 0 aromatic carbocycles. The van der Waals surface area contributed by atoms with Crippen molar-refractivity contribution in [1.82, 2.24) is 4.57 Å². The standard InChI is InChI=1S/C7H10N2O2/c1-6(11-5-10)9-4-2-3-7(9)8/h2-6H,8H2,1H3. The molecule has 4 nitrogen and oxygen atoms in total. The zero-order valence-corrected chi connectivity index (χ0v) is 6.23. The molecule has 0 aliphatic rings. The van der Waals surface area contributed by atoms with Gasteiger partial charge in [0, 0.05) is 6.20 Å². The topological polar surface area (TPSA) is 57.2 Å². The SMILES string of the molecule is CC(OC=O)n1cccc1N. The van der Waals surface area contributed by atoms with Crippen molar-refractivity contribution < 1.29 is 9.53 Å². The number of aromatic nitrogens is 1. The van der Waals surface area contributed by atoms with E-state index in [0.717, 1.165) is 0 Å². The van der Waals surface area contributed by atoms with Gasteiger partial charge in [-0.1, -0.05) is 0 Å². The zero-order chi connectivity index (χ0) is 8.27. The van der Waals surface area contributed by atoms with Gasteiger partial charge < -0.3 is 10.5 Å². The minimum Gasteiger partial charge on any atom is -0.444 e. The molecule has 0 radical (unpaired) electrons. The number of carbonyl (C=O) groups excluding carboxylic acids is 1. The van der Waals surface area contributed by atoms with Crippen molar-refractivity contribution >= 4 is 12.3 Å². The Bertz CT molecular complexity index is 244. The lowest BCUT2D eigenvalue weighted by Crippen LogP contribution is -2.09. The molecule has 0 bridgehead atoms. The molecule has 1 rings (SSSR count). The Hall–Kier alpha value is -1.45. The van der Waals surface area contributed by atoms with Crippen LogP contribution in [0.25, 0.3) is 0 Å². The number of anilines is 1. The Labute approximate surface area is 64.6 Å². The van der Waals surface area contributed by atoms with Gasteiger partial charge in [0.15, 0.2) is 6.23 Å². The lowest BCUT2D eigenvalue weighted by molar-refractivity contribution is -0.136. The number of rotatable bonds is 3. The third kappa shape index (κ3) is 1.52. The summed E-state index contributed by atoms with van der Waals surface area (Å²) in [4.78, 5) is 9.95. The molecule has 0 spiro atoms. The van der Waals surface area contributed by atoms with Crippen LogP contribution in [0.5, 0.6) is 0 Å². The fourth-order valence-corrected chi connectivity index (χ4v) is 0.884. The summed E-state index contributed by atoms with van der Waals surface area (Å²) in [6.07, 6.45) is 1.42. The number of nitrogens with zero attached hydrogens (tertiary/aromatic N) is 1. The van der Waals surface area contributed by atoms with Crippen LogP contribution < -0.4 is 5.73 Å². The van der Waals surface area contributed by atoms with E-state index in [0.29, 0.717) is 12.3 Å². The Kier molecular flexibility index (Phi) is 2.15. The molecule has 1 heterocycles. The Balaban J connectivity index is 2.74. The third-order valence-electron chi connectivity index (χ3n) is 1.46. The molecular formula is C7H10N2O2. The summed E-state index contributed by atoms with van der Waals surface area (Å²) in [5.41, 5.74) is 5.54. The molecular weight excluding hydrogens is 144 g/mol. The van der Waals surface area contributed by atoms with Gasteiger partial charge in [-0.05, 0) is 19.1 Å². The van der Waals surface area contributed by atoms with Gasteiger partial charge in [0.05, 0.1) is 0 Å². The van der Waals surface area contributed by atoms with Crippen LogP contribution in [0.1, 0.15) is 13.2 Å². The van der Waals surface area contributed by atoms with Crippen molar-refractivity contribution in [3.8, 4) is 0 Å². The van der Waals surface area contributed by atoms with E-state index in [-0.39, 0.29) is 6.23 Å². The maximum absolute atomic E-state index is 9.95. The summed E-state index contributed by atoms with van der Waals surface area (Å²) in [6, 6.07) is 3.53. The highest BCUT2D eigenvalue weighted by atomic mass is 16.5. The molecule has 0 amide bonds. The number of nitrogens with two attached hydrogens (primary N) is 1. The minimum absolute atomic E-state index is 0.331. The van der Waals surface area contributed by atoms with E-state index >= 15 is 0 Å². The van der Waals surface area contributed by atoms with Gasteiger partial charge in [0.2, 0.25) is 0 Å². The molecule has 0 aliphatic carbocycles. The monoisotopic (exact) mass is 154 g/mol. The molecule has 2 N–H and O–H groups in total. The molecule has 0 saturated heterocycles. The van der Waals surface area contributed by atoms with E-state index in [1.54, 1.807) is 29.8 Å². The van der Waals surface area contributed by atoms with E-state index in [1.165, 1.54) is 0 Å². The fraction of sp³-hybridized carbons (Fsp3) is 0.286. The first-order valence-corrected chi connectivity index (χ1v) is 3.27. The highest BCUT2D eigenvalue weighted by Crippen LogP contribution is 2.12. The van der Waals surface area contributed by atoms with Crippen molar-refractivity contribution in [2.45, 2.75) is 13.2 Å². The summed E-state index contributed by atoms with van der Waals surface area (Å²) in [6.45, 7) is 2.15. The lowest BCUT2D eigenvalue weighted by atomic mass is 10.6. The lowest BCUT2D eigenvalue weighted by Gasteiger charge is -2.12. The summed E-state index contributed by atoms with van der Waals surface area (Å²) < 4.78 is 6.33. The second-order valence-corrected chi connectivity index (χ2v) is 2.17. The van der Waals surface area contributed by atoms with Gasteiger partial charge in [0.25, 0.3) is 6.47 Å². The highest BCUT2D eigenvalue weighted by molar-refractivity contribution is 5.38. The highest BCUT2D eigenvalue weighted by Gasteiger charge is 2.04. The van der Waals surface area contributed by atoms with Gasteiger partial charge in [-0.3, -0.25) is 9.36 Å². The normalized spacial score (nSPS) is 12.5. The summed E-state index contributed by atoms with van der Waals surface area (Å²) in [5, 5.41) is 0. The molecule has 60 valence electrons. The first-order chi connectivity index (χ1) is 5.25. The molecule has 11 heavy (non-hydrogen) atoms. The maximum atomic E-state index is 9.95. The predicted molar refractivity (Wildman–Crippen MR) is 40.7 cm³/mol. The van der Waals surface area contributed by atoms with Crippen molar-refractivity contribution in [3.05, 3.63) is 18.3 Å². The van der Waals surface area contributed by atoms with Crippen LogP contribution in [0.2, 0.25) is 0 Å². The van der Waals surface area contributed by atoms with Crippen molar-refractivity contribution in [2.24, 2.45) is 0 Å². The summed E-state index contributed by atoms with van der Waals surface area (Å²) in [7, 11) is 0. The van der Waals surface area contributed by atoms with E-state index in [2.05, 4.69) is 4.74 Å². The van der Waals surface area contributed by atoms with E-state index < -0.39 is 0 Å². The van der Waals surface area contributed by atoms with Gasteiger partial charge in [-0.15, -0.1) is 0 Å². The summed E-state index contributed by atoms with van der Waals surface area (Å²) in [5.74, 6) is 0.583. The molecule has 0 fully saturated rings. The summed E-state index contributed by atoms with van der Waals surface area (Å²) >= 11 is 0. The van der Waals surface area contributed by atoms with Crippen molar-refractivity contribution in [3.63, 3.8) is 0 Å². The van der Waals surface area contributed by atoms with Crippen LogP contribution in [0.15, 0.2) is 18.3 Å². The first-order valence-electron chi connectivity index (χ1n) is 3.27. The minimum atomic E-state index is -0.331. The second-order valence-electron chi connectivity index (χ2n) is 2.17. The van der Waals surface area contributed by atoms with Gasteiger partial charge in [-0.25, -0.2) is 0 Å². The van der Waals surface area contributed by atoms with Crippen LogP contribution in [-0.4, -0.2) is 11.0 Å². The maximum Gasteiger partial charge on any atom is 0.295 e. The quantitative estimate of drug-likeness (QED) is 0.654. The number of carbonyl (C=O) groups is 1. The molecule has 1 aromatic heterocycles. The fourth-order valence-electron chi connectivity index (χ4n) is 0.884.